The molecule has 0 spiro atoms. The zero-order valence-corrected chi connectivity index (χ0v) is 9.52. The molecule has 0 aliphatic rings. The van der Waals surface area contributed by atoms with Gasteiger partial charge >= 0.3 is 0 Å². The van der Waals surface area contributed by atoms with E-state index in [2.05, 4.69) is 41.8 Å². The van der Waals surface area contributed by atoms with Crippen molar-refractivity contribution in [2.24, 2.45) is 0 Å². The minimum Gasteiger partial charge on any atom is -0.318 e. The summed E-state index contributed by atoms with van der Waals surface area (Å²) in [6.07, 6.45) is 1.27. The molecule has 0 unspecified atom stereocenters. The minimum absolute atomic E-state index is 0.199. The van der Waals surface area contributed by atoms with E-state index in [1.165, 1.54) is 6.20 Å². The summed E-state index contributed by atoms with van der Waals surface area (Å²) in [6.45, 7) is 0. The van der Waals surface area contributed by atoms with Crippen LogP contribution in [0.2, 0.25) is 0 Å². The standard InChI is InChI=1S/C8H4Br2N2O/c9-4-1-5(10)8-6(2-4)11-3-7(13)12-8/h1-3H,(H,12,13). The second kappa shape index (κ2) is 3.23. The number of hydrogen-bond donors (Lipinski definition) is 1. The van der Waals surface area contributed by atoms with E-state index in [4.69, 9.17) is 0 Å². The monoisotopic (exact) mass is 302 g/mol. The Hall–Kier alpha value is -0.680. The quantitative estimate of drug-likeness (QED) is 0.812. The summed E-state index contributed by atoms with van der Waals surface area (Å²) < 4.78 is 1.74. The Kier molecular flexibility index (Phi) is 2.21. The van der Waals surface area contributed by atoms with Crippen LogP contribution in [0.1, 0.15) is 0 Å². The van der Waals surface area contributed by atoms with E-state index in [0.717, 1.165) is 20.0 Å². The third-order valence-electron chi connectivity index (χ3n) is 1.60. The summed E-state index contributed by atoms with van der Waals surface area (Å²) in [6, 6.07) is 3.70. The first kappa shape index (κ1) is 8.90. The van der Waals surface area contributed by atoms with Crippen molar-refractivity contribution in [1.82, 2.24) is 9.97 Å². The fourth-order valence-corrected chi connectivity index (χ4v) is 2.37. The van der Waals surface area contributed by atoms with E-state index in [0.29, 0.717) is 0 Å². The molecular weight excluding hydrogens is 300 g/mol. The molecule has 1 N–H and O–H groups in total. The molecule has 66 valence electrons. The van der Waals surface area contributed by atoms with Crippen LogP contribution in [0.5, 0.6) is 0 Å². The number of rotatable bonds is 0. The van der Waals surface area contributed by atoms with E-state index in [-0.39, 0.29) is 5.56 Å². The Morgan fingerprint density at radius 1 is 1.31 bits per heavy atom. The molecule has 1 aromatic carbocycles. The maximum atomic E-state index is 11.0. The molecule has 2 aromatic rings. The van der Waals surface area contributed by atoms with Crippen molar-refractivity contribution in [3.8, 4) is 0 Å². The molecule has 5 heteroatoms. The van der Waals surface area contributed by atoms with E-state index in [9.17, 15) is 4.79 Å². The predicted octanol–water partition coefficient (Wildman–Crippen LogP) is 2.45. The highest BCUT2D eigenvalue weighted by Gasteiger charge is 2.01. The van der Waals surface area contributed by atoms with Crippen LogP contribution >= 0.6 is 31.9 Å². The van der Waals surface area contributed by atoms with Crippen LogP contribution in [-0.2, 0) is 0 Å². The number of benzene rings is 1. The third-order valence-corrected chi connectivity index (χ3v) is 2.69. The van der Waals surface area contributed by atoms with Crippen LogP contribution in [0.25, 0.3) is 11.0 Å². The van der Waals surface area contributed by atoms with Gasteiger partial charge in [0.05, 0.1) is 17.2 Å². The lowest BCUT2D eigenvalue weighted by Gasteiger charge is -1.99. The first-order chi connectivity index (χ1) is 6.16. The number of nitrogens with zero attached hydrogens (tertiary/aromatic N) is 1. The Bertz CT molecular complexity index is 521. The molecule has 0 radical (unpaired) electrons. The van der Waals surface area contributed by atoms with E-state index < -0.39 is 0 Å². The van der Waals surface area contributed by atoms with Crippen molar-refractivity contribution in [3.63, 3.8) is 0 Å². The zero-order valence-electron chi connectivity index (χ0n) is 6.34. The van der Waals surface area contributed by atoms with E-state index >= 15 is 0 Å². The number of aromatic amines is 1. The van der Waals surface area contributed by atoms with Gasteiger partial charge in [0, 0.05) is 8.95 Å². The molecule has 0 atom stereocenters. The first-order valence-electron chi connectivity index (χ1n) is 3.51. The highest BCUT2D eigenvalue weighted by molar-refractivity contribution is 9.11. The van der Waals surface area contributed by atoms with Gasteiger partial charge in [0.2, 0.25) is 0 Å². The SMILES string of the molecule is O=c1cnc2cc(Br)cc(Br)c2[nH]1. The van der Waals surface area contributed by atoms with Gasteiger partial charge in [-0.15, -0.1) is 0 Å². The molecule has 0 amide bonds. The van der Waals surface area contributed by atoms with Gasteiger partial charge in [0.1, 0.15) is 0 Å². The van der Waals surface area contributed by atoms with Gasteiger partial charge in [-0.2, -0.15) is 0 Å². The highest BCUT2D eigenvalue weighted by Crippen LogP contribution is 2.24. The second-order valence-corrected chi connectivity index (χ2v) is 4.30. The van der Waals surface area contributed by atoms with Crippen LogP contribution in [-0.4, -0.2) is 9.97 Å². The predicted molar refractivity (Wildman–Crippen MR) is 57.8 cm³/mol. The average Bonchev–Trinajstić information content (AvgIpc) is 2.06. The smallest absolute Gasteiger partial charge is 0.266 e. The lowest BCUT2D eigenvalue weighted by atomic mass is 10.3. The van der Waals surface area contributed by atoms with E-state index in [1.807, 2.05) is 12.1 Å². The van der Waals surface area contributed by atoms with Crippen LogP contribution in [0.4, 0.5) is 0 Å². The average molecular weight is 304 g/mol. The van der Waals surface area contributed by atoms with E-state index in [1.54, 1.807) is 0 Å². The summed E-state index contributed by atoms with van der Waals surface area (Å²) in [4.78, 5) is 17.7. The van der Waals surface area contributed by atoms with Gasteiger partial charge in [-0.05, 0) is 28.1 Å². The van der Waals surface area contributed by atoms with Crippen molar-refractivity contribution in [2.45, 2.75) is 0 Å². The maximum absolute atomic E-state index is 11.0. The number of aromatic nitrogens is 2. The number of fused-ring (bicyclic) bond motifs is 1. The first-order valence-corrected chi connectivity index (χ1v) is 5.09. The Labute approximate surface area is 90.4 Å². The van der Waals surface area contributed by atoms with Gasteiger partial charge in [0.25, 0.3) is 5.56 Å². The highest BCUT2D eigenvalue weighted by atomic mass is 79.9. The van der Waals surface area contributed by atoms with Crippen molar-refractivity contribution in [1.29, 1.82) is 0 Å². The topological polar surface area (TPSA) is 45.8 Å². The largest absolute Gasteiger partial charge is 0.318 e. The van der Waals surface area contributed by atoms with Crippen molar-refractivity contribution in [2.75, 3.05) is 0 Å². The number of H-pyrrole nitrogens is 1. The van der Waals surface area contributed by atoms with Crippen LogP contribution in [0.15, 0.2) is 32.1 Å². The van der Waals surface area contributed by atoms with Gasteiger partial charge in [-0.1, -0.05) is 15.9 Å². The molecule has 0 saturated heterocycles. The van der Waals surface area contributed by atoms with Crippen molar-refractivity contribution in [3.05, 3.63) is 37.6 Å². The maximum Gasteiger partial charge on any atom is 0.266 e. The molecule has 2 rings (SSSR count). The summed E-state index contributed by atoms with van der Waals surface area (Å²) in [7, 11) is 0. The molecule has 0 saturated carbocycles. The molecular formula is C8H4Br2N2O. The fraction of sp³-hybridized carbons (Fsp3) is 0. The lowest BCUT2D eigenvalue weighted by Crippen LogP contribution is -2.05. The van der Waals surface area contributed by atoms with Gasteiger partial charge in [0.15, 0.2) is 0 Å². The zero-order chi connectivity index (χ0) is 9.42. The van der Waals surface area contributed by atoms with Crippen LogP contribution in [0.3, 0.4) is 0 Å². The third kappa shape index (κ3) is 1.66. The molecule has 0 aliphatic heterocycles. The molecule has 0 fully saturated rings. The molecule has 0 aliphatic carbocycles. The van der Waals surface area contributed by atoms with Gasteiger partial charge in [-0.3, -0.25) is 4.79 Å². The molecule has 1 aromatic heterocycles. The molecule has 1 heterocycles. The lowest BCUT2D eigenvalue weighted by molar-refractivity contribution is 1.21. The second-order valence-electron chi connectivity index (χ2n) is 2.53. The summed E-state index contributed by atoms with van der Waals surface area (Å²) in [5.74, 6) is 0. The summed E-state index contributed by atoms with van der Waals surface area (Å²) in [5.41, 5.74) is 1.27. The van der Waals surface area contributed by atoms with Crippen molar-refractivity contribution >= 4 is 42.9 Å². The summed E-state index contributed by atoms with van der Waals surface area (Å²) in [5, 5.41) is 0. The van der Waals surface area contributed by atoms with Crippen LogP contribution < -0.4 is 5.56 Å². The normalized spacial score (nSPS) is 10.6. The van der Waals surface area contributed by atoms with Crippen molar-refractivity contribution < 1.29 is 0 Å². The Balaban J connectivity index is 2.95. The van der Waals surface area contributed by atoms with Gasteiger partial charge in [-0.25, -0.2) is 4.98 Å². The molecule has 0 bridgehead atoms. The minimum atomic E-state index is -0.199. The van der Waals surface area contributed by atoms with Crippen LogP contribution in [0, 0.1) is 0 Å². The summed E-state index contributed by atoms with van der Waals surface area (Å²) >= 11 is 6.68. The Morgan fingerprint density at radius 3 is 2.85 bits per heavy atom. The van der Waals surface area contributed by atoms with Gasteiger partial charge < -0.3 is 4.98 Å². The number of hydrogen-bond acceptors (Lipinski definition) is 2. The number of nitrogens with one attached hydrogen (secondary N) is 1. The Morgan fingerprint density at radius 2 is 2.08 bits per heavy atom. The number of halogens is 2. The fourth-order valence-electron chi connectivity index (χ4n) is 1.07. The molecule has 3 nitrogen and oxygen atoms in total. The molecule has 13 heavy (non-hydrogen) atoms.